The fourth-order valence-electron chi connectivity index (χ4n) is 1.91. The summed E-state index contributed by atoms with van der Waals surface area (Å²) < 4.78 is 0. The number of nitrogens with two attached hydrogens (primary N) is 1. The minimum Gasteiger partial charge on any atom is -0.373 e. The molecule has 1 atom stereocenters. The van der Waals surface area contributed by atoms with E-state index in [-0.39, 0.29) is 11.5 Å². The quantitative estimate of drug-likeness (QED) is 0.888. The molecule has 3 heteroatoms. The Morgan fingerprint density at radius 2 is 1.94 bits per heavy atom. The summed E-state index contributed by atoms with van der Waals surface area (Å²) in [4.78, 5) is 2.19. The van der Waals surface area contributed by atoms with Crippen LogP contribution in [0.3, 0.4) is 0 Å². The minimum absolute atomic E-state index is 0.0227. The molecule has 0 saturated heterocycles. The van der Waals surface area contributed by atoms with E-state index in [1.807, 2.05) is 25.1 Å². The van der Waals surface area contributed by atoms with Crippen molar-refractivity contribution in [1.82, 2.24) is 0 Å². The van der Waals surface area contributed by atoms with Crippen molar-refractivity contribution in [2.24, 2.45) is 11.1 Å². The van der Waals surface area contributed by atoms with Crippen molar-refractivity contribution in [2.45, 2.75) is 33.7 Å². The molecule has 0 aromatic heterocycles. The SMILES string of the molecule is CC(N)c1ccc(N(C)CC(C)(C)C)c(Cl)c1. The first-order valence-corrected chi connectivity index (χ1v) is 6.34. The fraction of sp³-hybridized carbons (Fsp3) is 0.571. The van der Waals surface area contributed by atoms with Gasteiger partial charge in [0.15, 0.2) is 0 Å². The summed E-state index contributed by atoms with van der Waals surface area (Å²) in [5.74, 6) is 0. The number of halogens is 1. The first-order valence-electron chi connectivity index (χ1n) is 5.97. The van der Waals surface area contributed by atoms with E-state index in [1.165, 1.54) is 0 Å². The Hall–Kier alpha value is -0.730. The maximum absolute atomic E-state index is 6.30. The lowest BCUT2D eigenvalue weighted by Crippen LogP contribution is -2.29. The van der Waals surface area contributed by atoms with Crippen molar-refractivity contribution < 1.29 is 0 Å². The van der Waals surface area contributed by atoms with E-state index < -0.39 is 0 Å². The highest BCUT2D eigenvalue weighted by atomic mass is 35.5. The molecule has 1 aromatic rings. The van der Waals surface area contributed by atoms with Crippen LogP contribution in [0.25, 0.3) is 0 Å². The summed E-state index contributed by atoms with van der Waals surface area (Å²) in [6, 6.07) is 6.08. The average Bonchev–Trinajstić information content (AvgIpc) is 2.14. The van der Waals surface area contributed by atoms with Gasteiger partial charge < -0.3 is 10.6 Å². The molecule has 0 aliphatic carbocycles. The summed E-state index contributed by atoms with van der Waals surface area (Å²) in [7, 11) is 2.07. The number of hydrogen-bond acceptors (Lipinski definition) is 2. The highest BCUT2D eigenvalue weighted by molar-refractivity contribution is 6.33. The molecule has 0 aliphatic heterocycles. The molecule has 0 amide bonds. The lowest BCUT2D eigenvalue weighted by molar-refractivity contribution is 0.419. The van der Waals surface area contributed by atoms with Crippen molar-refractivity contribution in [3.05, 3.63) is 28.8 Å². The third-order valence-electron chi connectivity index (χ3n) is 2.62. The van der Waals surface area contributed by atoms with Crippen molar-refractivity contribution in [1.29, 1.82) is 0 Å². The molecule has 1 rings (SSSR count). The molecule has 1 unspecified atom stereocenters. The van der Waals surface area contributed by atoms with Crippen molar-refractivity contribution >= 4 is 17.3 Å². The van der Waals surface area contributed by atoms with Gasteiger partial charge in [0.05, 0.1) is 10.7 Å². The van der Waals surface area contributed by atoms with Gasteiger partial charge in [-0.3, -0.25) is 0 Å². The van der Waals surface area contributed by atoms with Crippen LogP contribution in [0.2, 0.25) is 5.02 Å². The maximum atomic E-state index is 6.30. The van der Waals surface area contributed by atoms with E-state index in [9.17, 15) is 0 Å². The van der Waals surface area contributed by atoms with Gasteiger partial charge in [-0.25, -0.2) is 0 Å². The van der Waals surface area contributed by atoms with Crippen LogP contribution >= 0.6 is 11.6 Å². The number of nitrogens with zero attached hydrogens (tertiary/aromatic N) is 1. The van der Waals surface area contributed by atoms with Gasteiger partial charge in [-0.15, -0.1) is 0 Å². The molecule has 0 aliphatic rings. The Labute approximate surface area is 110 Å². The molecular formula is C14H23ClN2. The van der Waals surface area contributed by atoms with Gasteiger partial charge in [0.1, 0.15) is 0 Å². The normalized spacial score (nSPS) is 13.6. The van der Waals surface area contributed by atoms with Gasteiger partial charge >= 0.3 is 0 Å². The molecule has 0 radical (unpaired) electrons. The Morgan fingerprint density at radius 3 is 2.35 bits per heavy atom. The molecule has 1 aromatic carbocycles. The molecule has 0 bridgehead atoms. The van der Waals surface area contributed by atoms with Gasteiger partial charge in [0.25, 0.3) is 0 Å². The van der Waals surface area contributed by atoms with E-state index in [0.717, 1.165) is 22.8 Å². The van der Waals surface area contributed by atoms with E-state index in [1.54, 1.807) is 0 Å². The van der Waals surface area contributed by atoms with Gasteiger partial charge in [-0.05, 0) is 30.0 Å². The van der Waals surface area contributed by atoms with E-state index in [0.29, 0.717) is 0 Å². The number of anilines is 1. The minimum atomic E-state index is 0.0227. The Kier molecular flexibility index (Phi) is 4.45. The standard InChI is InChI=1S/C14H23ClN2/c1-10(16)11-6-7-13(12(15)8-11)17(5)9-14(2,3)4/h6-8,10H,9,16H2,1-5H3. The molecule has 0 spiro atoms. The largest absolute Gasteiger partial charge is 0.373 e. The third kappa shape index (κ3) is 4.21. The molecule has 0 saturated carbocycles. The first kappa shape index (κ1) is 14.3. The smallest absolute Gasteiger partial charge is 0.0642 e. The fourth-order valence-corrected chi connectivity index (χ4v) is 2.25. The van der Waals surface area contributed by atoms with Crippen LogP contribution in [-0.4, -0.2) is 13.6 Å². The Bertz CT molecular complexity index is 380. The molecular weight excluding hydrogens is 232 g/mol. The van der Waals surface area contributed by atoms with Gasteiger partial charge in [-0.1, -0.05) is 38.4 Å². The van der Waals surface area contributed by atoms with Gasteiger partial charge in [0.2, 0.25) is 0 Å². The monoisotopic (exact) mass is 254 g/mol. The highest BCUT2D eigenvalue weighted by Crippen LogP contribution is 2.29. The van der Waals surface area contributed by atoms with Crippen LogP contribution in [0.4, 0.5) is 5.69 Å². The number of benzene rings is 1. The van der Waals surface area contributed by atoms with Crippen molar-refractivity contribution in [3.8, 4) is 0 Å². The summed E-state index contributed by atoms with van der Waals surface area (Å²) in [6.45, 7) is 9.57. The maximum Gasteiger partial charge on any atom is 0.0642 e. The third-order valence-corrected chi connectivity index (χ3v) is 2.92. The van der Waals surface area contributed by atoms with Crippen molar-refractivity contribution in [3.63, 3.8) is 0 Å². The molecule has 96 valence electrons. The summed E-state index contributed by atoms with van der Waals surface area (Å²) in [5, 5.41) is 0.770. The van der Waals surface area contributed by atoms with E-state index >= 15 is 0 Å². The Balaban J connectivity index is 2.92. The van der Waals surface area contributed by atoms with Gasteiger partial charge in [0, 0.05) is 19.6 Å². The van der Waals surface area contributed by atoms with E-state index in [4.69, 9.17) is 17.3 Å². The predicted octanol–water partition coefficient (Wildman–Crippen LogP) is 3.84. The first-order chi connectivity index (χ1) is 7.70. The molecule has 2 N–H and O–H groups in total. The zero-order valence-electron chi connectivity index (χ0n) is 11.4. The number of rotatable bonds is 3. The summed E-state index contributed by atoms with van der Waals surface area (Å²) in [5.41, 5.74) is 8.22. The second-order valence-corrected chi connectivity index (χ2v) is 6.32. The summed E-state index contributed by atoms with van der Waals surface area (Å²) >= 11 is 6.30. The van der Waals surface area contributed by atoms with Crippen LogP contribution in [0.1, 0.15) is 39.3 Å². The topological polar surface area (TPSA) is 29.3 Å². The van der Waals surface area contributed by atoms with Crippen LogP contribution in [0, 0.1) is 5.41 Å². The lowest BCUT2D eigenvalue weighted by Gasteiger charge is -2.29. The molecule has 0 fully saturated rings. The second kappa shape index (κ2) is 5.28. The second-order valence-electron chi connectivity index (χ2n) is 5.92. The molecule has 17 heavy (non-hydrogen) atoms. The molecule has 2 nitrogen and oxygen atoms in total. The van der Waals surface area contributed by atoms with Crippen LogP contribution < -0.4 is 10.6 Å². The summed E-state index contributed by atoms with van der Waals surface area (Å²) in [6.07, 6.45) is 0. The zero-order valence-corrected chi connectivity index (χ0v) is 12.2. The average molecular weight is 255 g/mol. The molecule has 0 heterocycles. The highest BCUT2D eigenvalue weighted by Gasteiger charge is 2.16. The van der Waals surface area contributed by atoms with Gasteiger partial charge in [-0.2, -0.15) is 0 Å². The predicted molar refractivity (Wildman–Crippen MR) is 76.8 cm³/mol. The number of hydrogen-bond donors (Lipinski definition) is 1. The van der Waals surface area contributed by atoms with E-state index in [2.05, 4.69) is 32.7 Å². The lowest BCUT2D eigenvalue weighted by atomic mass is 9.96. The van der Waals surface area contributed by atoms with Crippen molar-refractivity contribution in [2.75, 3.05) is 18.5 Å². The Morgan fingerprint density at radius 1 is 1.35 bits per heavy atom. The van der Waals surface area contributed by atoms with Crippen LogP contribution in [0.15, 0.2) is 18.2 Å². The van der Waals surface area contributed by atoms with Crippen LogP contribution in [-0.2, 0) is 0 Å². The van der Waals surface area contributed by atoms with Crippen LogP contribution in [0.5, 0.6) is 0 Å². The zero-order chi connectivity index (χ0) is 13.2.